The molecule has 0 unspecified atom stereocenters. The quantitative estimate of drug-likeness (QED) is 0.0227. The van der Waals surface area contributed by atoms with Gasteiger partial charge in [0.2, 0.25) is 5.43 Å². The van der Waals surface area contributed by atoms with Gasteiger partial charge in [0.25, 0.3) is 11.7 Å². The van der Waals surface area contributed by atoms with Gasteiger partial charge in [0, 0.05) is 145 Å². The number of piperazine rings is 2. The molecule has 6 aliphatic heterocycles. The molecule has 1 amide bonds. The Labute approximate surface area is 577 Å². The minimum Gasteiger partial charge on any atom is -0.507 e. The normalized spacial score (nSPS) is 26.6. The Morgan fingerprint density at radius 3 is 2.01 bits per heavy atom. The van der Waals surface area contributed by atoms with Crippen molar-refractivity contribution in [1.82, 2.24) is 30.0 Å². The van der Waals surface area contributed by atoms with Crippen molar-refractivity contribution >= 4 is 62.9 Å². The number of ether oxygens (including phenoxy) is 5. The number of nitrogens with one attached hydrogen (secondary N) is 3. The van der Waals surface area contributed by atoms with Crippen LogP contribution < -0.4 is 35.8 Å². The number of pyridine rings is 1. The number of likely N-dealkylation sites (N-methyl/N-ethyl adjacent to an activating group) is 2. The monoisotopic (exact) mass is 1390 g/mol. The Morgan fingerprint density at radius 2 is 1.44 bits per heavy atom. The maximum atomic E-state index is 15.0. The first-order valence-electron chi connectivity index (χ1n) is 33.8. The molecule has 5 bridgehead atoms. The Hall–Kier alpha value is -7.93. The van der Waals surface area contributed by atoms with Crippen molar-refractivity contribution < 1.29 is 88.1 Å². The first kappa shape index (κ1) is 78.4. The van der Waals surface area contributed by atoms with E-state index in [0.717, 1.165) is 58.2 Å². The van der Waals surface area contributed by atoms with Crippen molar-refractivity contribution in [2.24, 2.45) is 28.8 Å². The predicted molar refractivity (Wildman–Crippen MR) is 374 cm³/mol. The van der Waals surface area contributed by atoms with Gasteiger partial charge >= 0.3 is 17.7 Å². The van der Waals surface area contributed by atoms with E-state index in [0.29, 0.717) is 43.1 Å². The van der Waals surface area contributed by atoms with Crippen LogP contribution in [0.15, 0.2) is 58.3 Å². The number of carbonyl (C=O) groups is 4. The molecule has 0 saturated carbocycles. The summed E-state index contributed by atoms with van der Waals surface area (Å²) in [5.74, 6) is -9.89. The van der Waals surface area contributed by atoms with Crippen LogP contribution in [-0.4, -0.2) is 239 Å². The van der Waals surface area contributed by atoms with E-state index in [1.54, 1.807) is 49.4 Å². The summed E-state index contributed by atoms with van der Waals surface area (Å²) in [5, 5.41) is 100. The fourth-order valence-electron chi connectivity index (χ4n) is 12.8. The van der Waals surface area contributed by atoms with Crippen molar-refractivity contribution in [3.8, 4) is 28.7 Å². The lowest BCUT2D eigenvalue weighted by molar-refractivity contribution is -0.160. The van der Waals surface area contributed by atoms with Crippen molar-refractivity contribution in [2.45, 2.75) is 137 Å². The molecular formula is C71H102FN9O18. The molecule has 4 aromatic rings. The highest BCUT2D eigenvalue weighted by Crippen LogP contribution is 2.55. The lowest BCUT2D eigenvalue weighted by Crippen LogP contribution is -2.46. The van der Waals surface area contributed by atoms with Gasteiger partial charge in [-0.1, -0.05) is 59.8 Å². The molecule has 11 N–H and O–H groups in total. The number of allylic oxidation sites excluding steroid dienone is 2. The van der Waals surface area contributed by atoms with Crippen LogP contribution in [0.25, 0.3) is 21.7 Å². The molecule has 2 fully saturated rings. The molecule has 12 atom stereocenters. The standard InChI is InChI=1S/C43H58N4O12.C18H20FN3O4.C10H24N2O2/c1-21-12-11-13-22(2)42(55)45-33-28(20-44-47-17-15-46(9)16-18-47)37(52)30-31(38(33)53)36(51)26(6)40-32(30)41(54)43(8,59-40)57-19-14-29(56-10)23(3)39(58-27(7)48)25(5)35(50)24(4)34(21)49;1-10-9-26-17-14-11(16(23)12(18(24)25)8-22(10)14)7-13(19)15(17)21-5-3-20(2)4-6-21;1-3-9(7-13)11-5-6-12-10(4-2)8-14/h11-14,19-21,23-25,29,34-35,39,49-53H,15-18H2,1-10H3,(H,45,55);7-8,10H,3-6,9H2,1-2H3,(H,24,25);9-14H,3-8H2,1-2H3/b12-11+,19-14+,22-13-,44-20-;;/t21-,23-,24-,25-,29+,34+,35+,39-,43+;10-;9-,10-/m100/s1. The van der Waals surface area contributed by atoms with Crippen molar-refractivity contribution in [3.63, 3.8) is 0 Å². The topological polar surface area (TPSA) is 360 Å². The molecule has 1 aromatic heterocycles. The maximum Gasteiger partial charge on any atom is 0.341 e. The number of phenolic OH excluding ortho intramolecular Hbond substituents is 3. The Kier molecular flexibility index (Phi) is 27.3. The molecule has 0 radical (unpaired) electrons. The van der Waals surface area contributed by atoms with Gasteiger partial charge in [0.15, 0.2) is 17.3 Å². The van der Waals surface area contributed by atoms with E-state index in [9.17, 15) is 59.0 Å². The van der Waals surface area contributed by atoms with E-state index in [4.69, 9.17) is 33.9 Å². The number of halogens is 1. The van der Waals surface area contributed by atoms with Crippen molar-refractivity contribution in [3.05, 3.63) is 86.7 Å². The largest absolute Gasteiger partial charge is 0.507 e. The summed E-state index contributed by atoms with van der Waals surface area (Å²) in [4.78, 5) is 70.7. The molecule has 546 valence electrons. The minimum atomic E-state index is -2.04. The zero-order valence-corrected chi connectivity index (χ0v) is 59.3. The number of benzene rings is 3. The number of methoxy groups -OCH3 is 1. The number of fused-ring (bicyclic) bond motifs is 14. The molecule has 3 aromatic carbocycles. The number of ketones is 1. The third kappa shape index (κ3) is 17.6. The molecule has 7 heterocycles. The number of aliphatic hydroxyl groups is 4. The first-order chi connectivity index (χ1) is 46.9. The number of anilines is 2. The van der Waals surface area contributed by atoms with Crippen LogP contribution in [0.3, 0.4) is 0 Å². The number of amides is 1. The molecule has 27 nitrogen and oxygen atoms in total. The molecule has 0 spiro atoms. The number of aliphatic hydroxyl groups excluding tert-OH is 4. The number of phenols is 3. The Bertz CT molecular complexity index is 3710. The van der Waals surface area contributed by atoms with Gasteiger partial charge in [-0.3, -0.25) is 24.2 Å². The average molecular weight is 1390 g/mol. The highest BCUT2D eigenvalue weighted by atomic mass is 19.1. The number of hydrogen-bond acceptors (Lipinski definition) is 24. The first-order valence-corrected chi connectivity index (χ1v) is 33.8. The Balaban J connectivity index is 0.000000279. The van der Waals surface area contributed by atoms with Gasteiger partial charge in [-0.2, -0.15) is 5.10 Å². The van der Waals surface area contributed by atoms with Crippen molar-refractivity contribution in [2.75, 3.05) is 117 Å². The third-order valence-electron chi connectivity index (χ3n) is 19.5. The van der Waals surface area contributed by atoms with Gasteiger partial charge in [-0.15, -0.1) is 0 Å². The van der Waals surface area contributed by atoms with Gasteiger partial charge < -0.3 is 99.8 Å². The van der Waals surface area contributed by atoms with Crippen molar-refractivity contribution in [1.29, 1.82) is 0 Å². The van der Waals surface area contributed by atoms with Crippen LogP contribution >= 0.6 is 0 Å². The molecule has 28 heteroatoms. The van der Waals surface area contributed by atoms with Crippen LogP contribution in [0.5, 0.6) is 28.7 Å². The summed E-state index contributed by atoms with van der Waals surface area (Å²) in [5.41, 5.74) is -0.574. The number of aromatic hydroxyl groups is 3. The zero-order chi connectivity index (χ0) is 73.1. The number of hydrazone groups is 1. The number of carboxylic acids is 1. The second kappa shape index (κ2) is 34.4. The molecule has 6 aliphatic rings. The summed E-state index contributed by atoms with van der Waals surface area (Å²) >= 11 is 0. The summed E-state index contributed by atoms with van der Waals surface area (Å²) in [6, 6.07) is 1.39. The molecule has 2 saturated heterocycles. The minimum absolute atomic E-state index is 0.0434. The number of nitrogens with zero attached hydrogens (tertiary/aromatic N) is 6. The number of hydrogen-bond donors (Lipinski definition) is 11. The number of esters is 1. The second-order valence-corrected chi connectivity index (χ2v) is 26.6. The van der Waals surface area contributed by atoms with Gasteiger partial charge in [-0.25, -0.2) is 9.18 Å². The number of Topliss-reactive ketones (excluding diaryl/α,β-unsaturated/α-hetero) is 1. The fourth-order valence-corrected chi connectivity index (χ4v) is 12.8. The van der Waals surface area contributed by atoms with E-state index >= 15 is 0 Å². The van der Waals surface area contributed by atoms with Gasteiger partial charge in [0.05, 0.1) is 83.1 Å². The molecule has 99 heavy (non-hydrogen) atoms. The smallest absolute Gasteiger partial charge is 0.341 e. The molecular weight excluding hydrogens is 1290 g/mol. The maximum absolute atomic E-state index is 15.0. The Morgan fingerprint density at radius 1 is 0.838 bits per heavy atom. The second-order valence-electron chi connectivity index (χ2n) is 26.6. The van der Waals surface area contributed by atoms with Gasteiger partial charge in [0.1, 0.15) is 41.2 Å². The number of rotatable bonds is 15. The van der Waals surface area contributed by atoms with Crippen LogP contribution in [-0.2, 0) is 23.8 Å². The average Bonchev–Trinajstić information content (AvgIpc) is 1.66. The SMILES string of the molecule is CC[C@@H](CO)NCCN[C@@H](CC)CO.CO[C@H]1/C=C/O[C@@]2(C)Oc3c(C)c(O)c4c(O)c(c(/C=N\N5CCN(C)CC5)c(O)c4c3C2=O)NC(=O)/C(C)=C\C=C\[C@@H](C)[C@H](O)[C@@H](C)[C@H](O)[C@@H](C)[C@H](OC(C)=O)[C@@H]1C.C[C@H]1COc2c(N3CCN(C)CC3)c(F)cc3c(=O)c(C(=O)O)cn1c23. The van der Waals surface area contributed by atoms with E-state index in [-0.39, 0.29) is 93.4 Å². The summed E-state index contributed by atoms with van der Waals surface area (Å²) in [6.45, 7) is 26.3. The molecule has 0 aliphatic carbocycles. The summed E-state index contributed by atoms with van der Waals surface area (Å²) in [6.07, 6.45) is 8.08. The lowest BCUT2D eigenvalue weighted by Gasteiger charge is -2.38. The summed E-state index contributed by atoms with van der Waals surface area (Å²) < 4.78 is 46.2. The molecule has 10 rings (SSSR count). The number of aromatic carboxylic acids is 1. The highest BCUT2D eigenvalue weighted by molar-refractivity contribution is 6.24. The van der Waals surface area contributed by atoms with E-state index in [1.165, 1.54) is 65.6 Å². The number of carbonyl (C=O) groups excluding carboxylic acids is 3. The highest BCUT2D eigenvalue weighted by Gasteiger charge is 2.50. The predicted octanol–water partition coefficient (Wildman–Crippen LogP) is 5.59. The number of carboxylic acid groups (broad SMARTS) is 1. The van der Waals surface area contributed by atoms with E-state index in [2.05, 4.69) is 30.9 Å². The van der Waals surface area contributed by atoms with Crippen LogP contribution in [0, 0.1) is 36.4 Å². The van der Waals surface area contributed by atoms with E-state index in [1.807, 2.05) is 39.8 Å². The van der Waals surface area contributed by atoms with Crippen LogP contribution in [0.4, 0.5) is 15.8 Å². The fraction of sp³-hybridized carbons (Fsp3) is 0.577. The van der Waals surface area contributed by atoms with Gasteiger partial charge in [-0.05, 0) is 59.9 Å². The number of aromatic nitrogens is 1. The van der Waals surface area contributed by atoms with E-state index < -0.39 is 106 Å². The third-order valence-corrected chi connectivity index (χ3v) is 19.5. The lowest BCUT2D eigenvalue weighted by atomic mass is 9.78. The van der Waals surface area contributed by atoms with Crippen LogP contribution in [0.2, 0.25) is 0 Å². The zero-order valence-electron chi connectivity index (χ0n) is 59.3. The van der Waals surface area contributed by atoms with Crippen LogP contribution in [0.1, 0.15) is 120 Å². The summed E-state index contributed by atoms with van der Waals surface area (Å²) in [7, 11) is 5.44.